The van der Waals surface area contributed by atoms with Gasteiger partial charge in [0.15, 0.2) is 11.0 Å². The van der Waals surface area contributed by atoms with Crippen LogP contribution in [0, 0.1) is 12.7 Å². The van der Waals surface area contributed by atoms with Crippen LogP contribution in [0.5, 0.6) is 0 Å². The summed E-state index contributed by atoms with van der Waals surface area (Å²) in [4.78, 5) is 24.6. The molecule has 0 aliphatic carbocycles. The Labute approximate surface area is 188 Å². The molecule has 0 saturated carbocycles. The number of halogens is 2. The Morgan fingerprint density at radius 1 is 1.19 bits per heavy atom. The molecular weight excluding hydrogens is 441 g/mol. The van der Waals surface area contributed by atoms with Crippen molar-refractivity contribution in [3.05, 3.63) is 70.3 Å². The highest BCUT2D eigenvalue weighted by atomic mass is 35.5. The number of carbonyl (C=O) groups excluding carboxylic acids is 2. The zero-order valence-electron chi connectivity index (χ0n) is 17.1. The van der Waals surface area contributed by atoms with Gasteiger partial charge in [-0.25, -0.2) is 4.39 Å². The van der Waals surface area contributed by atoms with Crippen molar-refractivity contribution in [1.82, 2.24) is 20.1 Å². The Hall–Kier alpha value is -2.91. The summed E-state index contributed by atoms with van der Waals surface area (Å²) in [5.74, 6) is -0.742. The second-order valence-electron chi connectivity index (χ2n) is 6.82. The predicted molar refractivity (Wildman–Crippen MR) is 119 cm³/mol. The van der Waals surface area contributed by atoms with E-state index < -0.39 is 17.8 Å². The molecule has 31 heavy (non-hydrogen) atoms. The topological polar surface area (TPSA) is 88.9 Å². The third kappa shape index (κ3) is 5.42. The lowest BCUT2D eigenvalue weighted by molar-refractivity contribution is -0.113. The molecule has 0 bridgehead atoms. The maximum Gasteiger partial charge on any atom is 0.254 e. The first-order valence-corrected chi connectivity index (χ1v) is 10.8. The van der Waals surface area contributed by atoms with Crippen LogP contribution < -0.4 is 10.6 Å². The maximum absolute atomic E-state index is 13.8. The average Bonchev–Trinajstić information content (AvgIpc) is 3.10. The van der Waals surface area contributed by atoms with Gasteiger partial charge in [-0.05, 0) is 43.7 Å². The summed E-state index contributed by atoms with van der Waals surface area (Å²) >= 11 is 7.29. The van der Waals surface area contributed by atoms with Gasteiger partial charge in [-0.3, -0.25) is 9.59 Å². The Kier molecular flexibility index (Phi) is 7.29. The van der Waals surface area contributed by atoms with Gasteiger partial charge in [0.05, 0.1) is 17.4 Å². The molecule has 2 aromatic carbocycles. The summed E-state index contributed by atoms with van der Waals surface area (Å²) < 4.78 is 15.5. The first kappa shape index (κ1) is 22.8. The molecule has 1 heterocycles. The Balaban J connectivity index is 1.60. The summed E-state index contributed by atoms with van der Waals surface area (Å²) in [6.45, 7) is 3.56. The van der Waals surface area contributed by atoms with Crippen molar-refractivity contribution >= 4 is 40.9 Å². The minimum Gasteiger partial charge on any atom is -0.342 e. The number of nitrogens with zero attached hydrogens (tertiary/aromatic N) is 3. The molecule has 1 atom stereocenters. The molecule has 3 rings (SSSR count). The van der Waals surface area contributed by atoms with Gasteiger partial charge in [0.25, 0.3) is 5.91 Å². The molecule has 0 aliphatic rings. The number of benzene rings is 2. The molecule has 162 valence electrons. The fraction of sp³-hybridized carbons (Fsp3) is 0.238. The molecule has 0 fully saturated rings. The van der Waals surface area contributed by atoms with Crippen LogP contribution in [0.3, 0.4) is 0 Å². The smallest absolute Gasteiger partial charge is 0.254 e. The standard InChI is InChI=1S/C21H21ClFN5O2S/c1-12-15(22)8-6-10-17(12)25-18(29)11-31-21-27-26-19(28(21)3)13(2)24-20(30)14-7-4-5-9-16(14)23/h4-10,13H,11H2,1-3H3,(H,24,30)(H,25,29)/t13-/m1/s1. The second-order valence-corrected chi connectivity index (χ2v) is 8.17. The molecule has 2 N–H and O–H groups in total. The summed E-state index contributed by atoms with van der Waals surface area (Å²) in [5.41, 5.74) is 1.41. The van der Waals surface area contributed by atoms with Crippen molar-refractivity contribution in [2.75, 3.05) is 11.1 Å². The van der Waals surface area contributed by atoms with Crippen LogP contribution in [0.15, 0.2) is 47.6 Å². The molecule has 3 aromatic rings. The molecular formula is C21H21ClFN5O2S. The van der Waals surface area contributed by atoms with Gasteiger partial charge in [-0.2, -0.15) is 0 Å². The van der Waals surface area contributed by atoms with E-state index in [0.717, 1.165) is 5.56 Å². The van der Waals surface area contributed by atoms with E-state index in [4.69, 9.17) is 11.6 Å². The average molecular weight is 462 g/mol. The molecule has 10 heteroatoms. The van der Waals surface area contributed by atoms with E-state index in [9.17, 15) is 14.0 Å². The lowest BCUT2D eigenvalue weighted by Gasteiger charge is -2.14. The van der Waals surface area contributed by atoms with Gasteiger partial charge in [0.2, 0.25) is 5.91 Å². The van der Waals surface area contributed by atoms with Gasteiger partial charge in [0, 0.05) is 17.8 Å². The number of aromatic nitrogens is 3. The van der Waals surface area contributed by atoms with Crippen molar-refractivity contribution in [1.29, 1.82) is 0 Å². The van der Waals surface area contributed by atoms with E-state index in [1.165, 1.54) is 30.0 Å². The SMILES string of the molecule is Cc1c(Cl)cccc1NC(=O)CSc1nnc([C@@H](C)NC(=O)c2ccccc2F)n1C. The van der Waals surface area contributed by atoms with Crippen molar-refractivity contribution < 1.29 is 14.0 Å². The number of carbonyl (C=O) groups is 2. The third-order valence-electron chi connectivity index (χ3n) is 4.60. The van der Waals surface area contributed by atoms with Crippen molar-refractivity contribution in [3.63, 3.8) is 0 Å². The van der Waals surface area contributed by atoms with Gasteiger partial charge < -0.3 is 15.2 Å². The lowest BCUT2D eigenvalue weighted by atomic mass is 10.2. The second kappa shape index (κ2) is 9.93. The van der Waals surface area contributed by atoms with Crippen molar-refractivity contribution in [2.24, 2.45) is 7.05 Å². The minimum absolute atomic E-state index is 0.0425. The number of thioether (sulfide) groups is 1. The van der Waals surface area contributed by atoms with E-state index in [1.807, 2.05) is 6.92 Å². The van der Waals surface area contributed by atoms with Gasteiger partial charge in [-0.15, -0.1) is 10.2 Å². The molecule has 0 unspecified atom stereocenters. The zero-order chi connectivity index (χ0) is 22.5. The number of rotatable bonds is 7. The lowest BCUT2D eigenvalue weighted by Crippen LogP contribution is -2.29. The Morgan fingerprint density at radius 3 is 2.68 bits per heavy atom. The summed E-state index contributed by atoms with van der Waals surface area (Å²) in [6, 6.07) is 10.5. The van der Waals surface area contributed by atoms with Crippen LogP contribution >= 0.6 is 23.4 Å². The van der Waals surface area contributed by atoms with Crippen LogP contribution in [0.4, 0.5) is 10.1 Å². The Morgan fingerprint density at radius 2 is 1.94 bits per heavy atom. The highest BCUT2D eigenvalue weighted by molar-refractivity contribution is 7.99. The zero-order valence-corrected chi connectivity index (χ0v) is 18.7. The van der Waals surface area contributed by atoms with E-state index in [-0.39, 0.29) is 17.2 Å². The summed E-state index contributed by atoms with van der Waals surface area (Å²) in [6.07, 6.45) is 0. The molecule has 0 saturated heterocycles. The van der Waals surface area contributed by atoms with Crippen LogP contribution in [-0.4, -0.2) is 32.3 Å². The normalized spacial score (nSPS) is 11.8. The molecule has 0 aliphatic heterocycles. The number of nitrogens with one attached hydrogen (secondary N) is 2. The van der Waals surface area contributed by atoms with Crippen LogP contribution in [0.1, 0.15) is 34.7 Å². The first-order valence-electron chi connectivity index (χ1n) is 9.40. The largest absolute Gasteiger partial charge is 0.342 e. The van der Waals surface area contributed by atoms with Gasteiger partial charge in [0.1, 0.15) is 5.82 Å². The third-order valence-corrected chi connectivity index (χ3v) is 6.03. The van der Waals surface area contributed by atoms with E-state index >= 15 is 0 Å². The predicted octanol–water partition coefficient (Wildman–Crippen LogP) is 4.14. The van der Waals surface area contributed by atoms with Gasteiger partial charge in [-0.1, -0.05) is 41.6 Å². The molecule has 1 aromatic heterocycles. The van der Waals surface area contributed by atoms with E-state index in [2.05, 4.69) is 20.8 Å². The number of anilines is 1. The first-order chi connectivity index (χ1) is 14.8. The maximum atomic E-state index is 13.8. The van der Waals surface area contributed by atoms with Crippen molar-refractivity contribution in [3.8, 4) is 0 Å². The fourth-order valence-electron chi connectivity index (χ4n) is 2.87. The van der Waals surface area contributed by atoms with Crippen LogP contribution in [0.2, 0.25) is 5.02 Å². The molecule has 0 radical (unpaired) electrons. The van der Waals surface area contributed by atoms with E-state index in [0.29, 0.717) is 21.7 Å². The highest BCUT2D eigenvalue weighted by Gasteiger charge is 2.20. The molecule has 7 nitrogen and oxygen atoms in total. The number of amides is 2. The molecule has 0 spiro atoms. The Bertz CT molecular complexity index is 1120. The number of hydrogen-bond acceptors (Lipinski definition) is 5. The summed E-state index contributed by atoms with van der Waals surface area (Å²) in [5, 5.41) is 14.8. The fourth-order valence-corrected chi connectivity index (χ4v) is 3.77. The number of hydrogen-bond donors (Lipinski definition) is 2. The van der Waals surface area contributed by atoms with Crippen LogP contribution in [0.25, 0.3) is 0 Å². The molecule has 2 amide bonds. The summed E-state index contributed by atoms with van der Waals surface area (Å²) in [7, 11) is 1.74. The highest BCUT2D eigenvalue weighted by Crippen LogP contribution is 2.24. The quantitative estimate of drug-likeness (QED) is 0.516. The monoisotopic (exact) mass is 461 g/mol. The van der Waals surface area contributed by atoms with Crippen LogP contribution in [-0.2, 0) is 11.8 Å². The minimum atomic E-state index is -0.595. The van der Waals surface area contributed by atoms with Gasteiger partial charge >= 0.3 is 0 Å². The van der Waals surface area contributed by atoms with Crippen molar-refractivity contribution in [2.45, 2.75) is 25.0 Å². The van der Waals surface area contributed by atoms with E-state index in [1.54, 1.807) is 42.8 Å².